The molecule has 0 amide bonds. The number of hydrogen-bond donors (Lipinski definition) is 0. The standard InChI is InChI=1S/Ca.Ga.In.O.Zn.6H. The van der Waals surface area contributed by atoms with Gasteiger partial charge in [-0.3, -0.25) is 0 Å². The Morgan fingerprint density at radius 3 is 1.20 bits per heavy atom. The Morgan fingerprint density at radius 1 is 1.20 bits per heavy atom. The van der Waals surface area contributed by atoms with E-state index in [0.717, 1.165) is 0 Å². The van der Waals surface area contributed by atoms with Crippen LogP contribution in [0.1, 0.15) is 0 Å². The van der Waals surface area contributed by atoms with Crippen molar-refractivity contribution in [1.82, 2.24) is 0 Å². The van der Waals surface area contributed by atoms with Crippen molar-refractivity contribution >= 4 is 81.9 Å². The van der Waals surface area contributed by atoms with Crippen LogP contribution in [0, 0.1) is 0 Å². The molecule has 0 aliphatic rings. The molecule has 0 atom stereocenters. The molecule has 0 aliphatic heterocycles. The maximum atomic E-state index is 8.42. The fourth-order valence-corrected chi connectivity index (χ4v) is 0. The fraction of sp³-hybridized carbons (Fsp3) is 0. The van der Waals surface area contributed by atoms with Gasteiger partial charge >= 0.3 is 84.8 Å². The molecule has 22 valence electrons. The summed E-state index contributed by atoms with van der Waals surface area (Å²) in [6.45, 7) is 0. The van der Waals surface area contributed by atoms with Crippen LogP contribution in [0.2, 0.25) is 0 Å². The molecule has 0 N–H and O–H groups in total. The van der Waals surface area contributed by atoms with Crippen molar-refractivity contribution in [2.45, 2.75) is 0 Å². The molecule has 0 fully saturated rings. The van der Waals surface area contributed by atoms with Crippen LogP contribution in [0.4, 0.5) is 0 Å². The number of hydrogen-bond acceptors (Lipinski definition) is 1. The Balaban J connectivity index is -0.00000000167. The molecule has 0 aromatic rings. The van der Waals surface area contributed by atoms with E-state index >= 15 is 0 Å². The predicted octanol–water partition coefficient (Wildman–Crippen LogP) is -2.87. The molecule has 0 unspecified atom stereocenters. The summed E-state index contributed by atoms with van der Waals surface area (Å²) in [5.41, 5.74) is 0. The third kappa shape index (κ3) is 19.0. The van der Waals surface area contributed by atoms with Gasteiger partial charge in [-0.15, -0.1) is 0 Å². The van der Waals surface area contributed by atoms with Crippen LogP contribution >= 0.6 is 0 Å². The monoisotopic (exact) mass is 310 g/mol. The first-order valence-electron chi connectivity index (χ1n) is 0.289. The number of rotatable bonds is 0. The largest absolute Gasteiger partial charge is 0 e. The zero-order valence-corrected chi connectivity index (χ0v) is 8.83. The maximum absolute atomic E-state index is 8.42. The van der Waals surface area contributed by atoms with Gasteiger partial charge in [0, 0.05) is 19.5 Å². The molecular formula is H6CaGaInOZn. The van der Waals surface area contributed by atoms with E-state index in [1.807, 2.05) is 0 Å². The molecule has 0 spiro atoms. The van der Waals surface area contributed by atoms with E-state index in [9.17, 15) is 0 Å². The van der Waals surface area contributed by atoms with Crippen LogP contribution < -0.4 is 0 Å². The summed E-state index contributed by atoms with van der Waals surface area (Å²) in [7, 11) is 0. The Morgan fingerprint density at radius 2 is 1.20 bits per heavy atom. The molecule has 0 aromatic heterocycles. The summed E-state index contributed by atoms with van der Waals surface area (Å²) in [6, 6.07) is 0. The summed E-state index contributed by atoms with van der Waals surface area (Å²) < 4.78 is 8.42. The molecule has 1 nitrogen and oxygen atoms in total. The topological polar surface area (TPSA) is 17.1 Å². The van der Waals surface area contributed by atoms with Crippen molar-refractivity contribution in [3.05, 3.63) is 0 Å². The SMILES string of the molecule is [CaH2].[GaH3].[O]=[InH].[Zn]. The van der Waals surface area contributed by atoms with Crippen LogP contribution in [-0.2, 0) is 22.3 Å². The van der Waals surface area contributed by atoms with E-state index in [2.05, 4.69) is 0 Å². The van der Waals surface area contributed by atoms with Crippen LogP contribution in [0.5, 0.6) is 0 Å². The molecule has 0 aromatic carbocycles. The van der Waals surface area contributed by atoms with Crippen molar-refractivity contribution in [2.75, 3.05) is 0 Å². The molecule has 5 heavy (non-hydrogen) atoms. The van der Waals surface area contributed by atoms with Gasteiger partial charge in [0.05, 0.1) is 0 Å². The molecule has 0 radical (unpaired) electrons. The van der Waals surface area contributed by atoms with Crippen LogP contribution in [0.3, 0.4) is 0 Å². The van der Waals surface area contributed by atoms with Crippen molar-refractivity contribution in [2.24, 2.45) is 0 Å². The van der Waals surface area contributed by atoms with E-state index in [-0.39, 0.29) is 101 Å². The van der Waals surface area contributed by atoms with E-state index < -0.39 is 0 Å². The fourth-order valence-electron chi connectivity index (χ4n) is 0. The maximum Gasteiger partial charge on any atom is 0 e. The van der Waals surface area contributed by atoms with Crippen molar-refractivity contribution in [3.63, 3.8) is 0 Å². The summed E-state index contributed by atoms with van der Waals surface area (Å²) in [5, 5.41) is 0. The van der Waals surface area contributed by atoms with Gasteiger partial charge in [-0.25, -0.2) is 0 Å². The van der Waals surface area contributed by atoms with E-state index in [4.69, 9.17) is 2.85 Å². The normalized spacial score (nSPS) is 0.600. The Hall–Kier alpha value is 3.19. The van der Waals surface area contributed by atoms with Gasteiger partial charge < -0.3 is 0 Å². The van der Waals surface area contributed by atoms with Crippen LogP contribution in [-0.4, -0.2) is 81.9 Å². The second kappa shape index (κ2) is 27.1. The van der Waals surface area contributed by atoms with Gasteiger partial charge in [0.25, 0.3) is 0 Å². The summed E-state index contributed by atoms with van der Waals surface area (Å²) in [4.78, 5) is 0. The van der Waals surface area contributed by atoms with Gasteiger partial charge in [0.2, 0.25) is 0 Å². The van der Waals surface area contributed by atoms with Gasteiger partial charge in [-0.2, -0.15) is 0 Å². The first-order chi connectivity index (χ1) is 1.00. The van der Waals surface area contributed by atoms with Gasteiger partial charge in [0.1, 0.15) is 0 Å². The van der Waals surface area contributed by atoms with Crippen molar-refractivity contribution in [1.29, 1.82) is 0 Å². The van der Waals surface area contributed by atoms with E-state index in [1.54, 1.807) is 0 Å². The quantitative estimate of drug-likeness (QED) is 0.440. The van der Waals surface area contributed by atoms with Gasteiger partial charge in [-0.05, 0) is 0 Å². The van der Waals surface area contributed by atoms with E-state index in [1.165, 1.54) is 0 Å². The Kier molecular flexibility index (Phi) is 131. The third-order valence-electron chi connectivity index (χ3n) is 0. The molecule has 0 aliphatic carbocycles. The molecule has 5 heteroatoms. The second-order valence-electron chi connectivity index (χ2n) is 0. The third-order valence-corrected chi connectivity index (χ3v) is 0. The van der Waals surface area contributed by atoms with Crippen LogP contribution in [0.25, 0.3) is 0 Å². The minimum atomic E-state index is -0.1000. The predicted molar refractivity (Wildman–Crippen MR) is 26.3 cm³/mol. The Bertz CT molecular complexity index is 11.6. The molecule has 0 heterocycles. The first-order valence-corrected chi connectivity index (χ1v) is 1.94. The van der Waals surface area contributed by atoms with Gasteiger partial charge in [0.15, 0.2) is 0 Å². The smallest absolute Gasteiger partial charge is 0 e. The Labute approximate surface area is 102 Å². The molecule has 0 rings (SSSR count). The van der Waals surface area contributed by atoms with E-state index in [0.29, 0.717) is 0 Å². The summed E-state index contributed by atoms with van der Waals surface area (Å²) >= 11 is -0.1000. The average Bonchev–Trinajstić information content (AvgIpc) is 1.00. The average molecular weight is 312 g/mol. The first kappa shape index (κ1) is 24.1. The summed E-state index contributed by atoms with van der Waals surface area (Å²) in [6.07, 6.45) is 0. The molecule has 0 bridgehead atoms. The second-order valence-corrected chi connectivity index (χ2v) is 0. The summed E-state index contributed by atoms with van der Waals surface area (Å²) in [5.74, 6) is 0. The zero-order chi connectivity index (χ0) is 2.00. The minimum absolute atomic E-state index is 0. The van der Waals surface area contributed by atoms with Gasteiger partial charge in [-0.1, -0.05) is 0 Å². The molecular weight excluding hydrogens is 306 g/mol. The zero-order valence-electron chi connectivity index (χ0n) is 1.82. The molecule has 0 saturated heterocycles. The van der Waals surface area contributed by atoms with Crippen molar-refractivity contribution in [3.8, 4) is 0 Å². The molecule has 0 saturated carbocycles. The van der Waals surface area contributed by atoms with Crippen molar-refractivity contribution < 1.29 is 22.3 Å². The minimum Gasteiger partial charge on any atom is 0 e. The van der Waals surface area contributed by atoms with Crippen LogP contribution in [0.15, 0.2) is 0 Å².